The maximum Gasteiger partial charge on any atom is 0.260 e. The second kappa shape index (κ2) is 8.58. The lowest BCUT2D eigenvalue weighted by Crippen LogP contribution is -2.40. The molecule has 0 aromatic heterocycles. The summed E-state index contributed by atoms with van der Waals surface area (Å²) in [6.45, 7) is 2.04. The SMILES string of the molecule is CC(Oc1ccc(O)cc1)C(=O)NCCNC(=O)c1ccccc1O. The van der Waals surface area contributed by atoms with E-state index in [9.17, 15) is 19.8 Å². The summed E-state index contributed by atoms with van der Waals surface area (Å²) in [5, 5.41) is 24.0. The predicted octanol–water partition coefficient (Wildman–Crippen LogP) is 1.41. The normalized spacial score (nSPS) is 11.4. The lowest BCUT2D eigenvalue weighted by atomic mass is 10.2. The molecule has 7 nitrogen and oxygen atoms in total. The molecule has 0 aliphatic carbocycles. The highest BCUT2D eigenvalue weighted by molar-refractivity contribution is 5.96. The number of hydrogen-bond acceptors (Lipinski definition) is 5. The monoisotopic (exact) mass is 344 g/mol. The van der Waals surface area contributed by atoms with Gasteiger partial charge in [0.15, 0.2) is 6.10 Å². The van der Waals surface area contributed by atoms with Crippen LogP contribution in [-0.2, 0) is 4.79 Å². The molecule has 0 aliphatic heterocycles. The fraction of sp³-hybridized carbons (Fsp3) is 0.222. The molecule has 0 saturated heterocycles. The highest BCUT2D eigenvalue weighted by atomic mass is 16.5. The molecule has 0 spiro atoms. The number of aromatic hydroxyl groups is 2. The molecule has 0 saturated carbocycles. The predicted molar refractivity (Wildman–Crippen MR) is 91.6 cm³/mol. The Balaban J connectivity index is 1.72. The zero-order valence-electron chi connectivity index (χ0n) is 13.7. The zero-order chi connectivity index (χ0) is 18.2. The van der Waals surface area contributed by atoms with Crippen molar-refractivity contribution < 1.29 is 24.5 Å². The largest absolute Gasteiger partial charge is 0.508 e. The Morgan fingerprint density at radius 3 is 2.32 bits per heavy atom. The van der Waals surface area contributed by atoms with Gasteiger partial charge in [0.1, 0.15) is 17.2 Å². The summed E-state index contributed by atoms with van der Waals surface area (Å²) in [5.41, 5.74) is 0.179. The number of rotatable bonds is 7. The van der Waals surface area contributed by atoms with Gasteiger partial charge in [0.05, 0.1) is 5.56 Å². The van der Waals surface area contributed by atoms with Gasteiger partial charge in [-0.25, -0.2) is 0 Å². The smallest absolute Gasteiger partial charge is 0.260 e. The molecule has 0 heterocycles. The molecule has 0 aliphatic rings. The summed E-state index contributed by atoms with van der Waals surface area (Å²) in [6, 6.07) is 12.3. The molecule has 0 bridgehead atoms. The molecule has 1 unspecified atom stereocenters. The van der Waals surface area contributed by atoms with Crippen LogP contribution in [0.1, 0.15) is 17.3 Å². The van der Waals surface area contributed by atoms with Gasteiger partial charge in [-0.2, -0.15) is 0 Å². The highest BCUT2D eigenvalue weighted by Crippen LogP contribution is 2.17. The number of ether oxygens (including phenoxy) is 1. The molecule has 0 radical (unpaired) electrons. The van der Waals surface area contributed by atoms with Crippen LogP contribution in [0.25, 0.3) is 0 Å². The van der Waals surface area contributed by atoms with Gasteiger partial charge >= 0.3 is 0 Å². The molecule has 4 N–H and O–H groups in total. The van der Waals surface area contributed by atoms with Crippen LogP contribution >= 0.6 is 0 Å². The van der Waals surface area contributed by atoms with E-state index in [4.69, 9.17) is 4.74 Å². The number of nitrogens with one attached hydrogen (secondary N) is 2. The Kier molecular flexibility index (Phi) is 6.22. The topological polar surface area (TPSA) is 108 Å². The first-order chi connectivity index (χ1) is 12.0. The maximum atomic E-state index is 11.9. The van der Waals surface area contributed by atoms with Crippen molar-refractivity contribution in [2.75, 3.05) is 13.1 Å². The standard InChI is InChI=1S/C18H20N2O5/c1-12(25-14-8-6-13(21)7-9-14)17(23)19-10-11-20-18(24)15-4-2-3-5-16(15)22/h2-9,12,21-22H,10-11H2,1H3,(H,19,23)(H,20,24). The third kappa shape index (κ3) is 5.42. The summed E-state index contributed by atoms with van der Waals surface area (Å²) < 4.78 is 5.45. The van der Waals surface area contributed by atoms with Crippen molar-refractivity contribution in [1.82, 2.24) is 10.6 Å². The van der Waals surface area contributed by atoms with Crippen molar-refractivity contribution in [2.24, 2.45) is 0 Å². The Morgan fingerprint density at radius 1 is 1.00 bits per heavy atom. The van der Waals surface area contributed by atoms with Crippen LogP contribution in [0.2, 0.25) is 0 Å². The second-order valence-electron chi connectivity index (χ2n) is 5.32. The molecule has 7 heteroatoms. The van der Waals surface area contributed by atoms with Crippen LogP contribution in [-0.4, -0.2) is 41.2 Å². The quantitative estimate of drug-likeness (QED) is 0.568. The lowest BCUT2D eigenvalue weighted by molar-refractivity contribution is -0.127. The number of benzene rings is 2. The van der Waals surface area contributed by atoms with Crippen LogP contribution in [0.3, 0.4) is 0 Å². The zero-order valence-corrected chi connectivity index (χ0v) is 13.7. The van der Waals surface area contributed by atoms with Crippen LogP contribution in [0.4, 0.5) is 0 Å². The van der Waals surface area contributed by atoms with E-state index >= 15 is 0 Å². The fourth-order valence-electron chi connectivity index (χ4n) is 2.05. The summed E-state index contributed by atoms with van der Waals surface area (Å²) in [5.74, 6) is -0.261. The minimum Gasteiger partial charge on any atom is -0.508 e. The van der Waals surface area contributed by atoms with Crippen molar-refractivity contribution in [3.63, 3.8) is 0 Å². The van der Waals surface area contributed by atoms with Crippen LogP contribution in [0, 0.1) is 0 Å². The van der Waals surface area contributed by atoms with Gasteiger partial charge in [0.25, 0.3) is 11.8 Å². The first-order valence-corrected chi connectivity index (χ1v) is 7.77. The number of phenolic OH excluding ortho intramolecular Hbond substituents is 2. The van der Waals surface area contributed by atoms with E-state index in [0.717, 1.165) is 0 Å². The number of para-hydroxylation sites is 1. The molecule has 25 heavy (non-hydrogen) atoms. The highest BCUT2D eigenvalue weighted by Gasteiger charge is 2.14. The first kappa shape index (κ1) is 18.1. The van der Waals surface area contributed by atoms with Gasteiger partial charge in [0, 0.05) is 13.1 Å². The van der Waals surface area contributed by atoms with E-state index in [1.54, 1.807) is 31.2 Å². The van der Waals surface area contributed by atoms with E-state index in [1.807, 2.05) is 0 Å². The molecule has 1 atom stereocenters. The number of phenols is 2. The molecular formula is C18H20N2O5. The van der Waals surface area contributed by atoms with Crippen LogP contribution in [0.15, 0.2) is 48.5 Å². The fourth-order valence-corrected chi connectivity index (χ4v) is 2.05. The Morgan fingerprint density at radius 2 is 1.64 bits per heavy atom. The van der Waals surface area contributed by atoms with Gasteiger partial charge in [-0.15, -0.1) is 0 Å². The van der Waals surface area contributed by atoms with E-state index in [2.05, 4.69) is 10.6 Å². The summed E-state index contributed by atoms with van der Waals surface area (Å²) in [6.07, 6.45) is -0.724. The van der Waals surface area contributed by atoms with Crippen molar-refractivity contribution in [3.8, 4) is 17.2 Å². The Hall–Kier alpha value is -3.22. The van der Waals surface area contributed by atoms with E-state index in [1.165, 1.54) is 24.3 Å². The minimum absolute atomic E-state index is 0.0973. The van der Waals surface area contributed by atoms with Gasteiger partial charge in [-0.3, -0.25) is 9.59 Å². The van der Waals surface area contributed by atoms with Crippen molar-refractivity contribution >= 4 is 11.8 Å². The average molecular weight is 344 g/mol. The van der Waals surface area contributed by atoms with Gasteiger partial charge in [-0.1, -0.05) is 12.1 Å². The molecule has 0 fully saturated rings. The molecule has 2 amide bonds. The molecule has 132 valence electrons. The number of amides is 2. The number of carbonyl (C=O) groups excluding carboxylic acids is 2. The Labute approximate surface area is 145 Å². The van der Waals surface area contributed by atoms with E-state index < -0.39 is 12.0 Å². The van der Waals surface area contributed by atoms with Crippen LogP contribution < -0.4 is 15.4 Å². The van der Waals surface area contributed by atoms with E-state index in [-0.39, 0.29) is 36.1 Å². The molecule has 2 aromatic rings. The first-order valence-electron chi connectivity index (χ1n) is 7.77. The number of carbonyl (C=O) groups is 2. The summed E-state index contributed by atoms with van der Waals surface area (Å²) in [4.78, 5) is 23.8. The third-order valence-corrected chi connectivity index (χ3v) is 3.38. The molecular weight excluding hydrogens is 324 g/mol. The lowest BCUT2D eigenvalue weighted by Gasteiger charge is -2.15. The average Bonchev–Trinajstić information content (AvgIpc) is 2.60. The van der Waals surface area contributed by atoms with Crippen molar-refractivity contribution in [1.29, 1.82) is 0 Å². The van der Waals surface area contributed by atoms with E-state index in [0.29, 0.717) is 5.75 Å². The van der Waals surface area contributed by atoms with Gasteiger partial charge < -0.3 is 25.6 Å². The van der Waals surface area contributed by atoms with Crippen LogP contribution in [0.5, 0.6) is 17.2 Å². The summed E-state index contributed by atoms with van der Waals surface area (Å²) >= 11 is 0. The van der Waals surface area contributed by atoms with Gasteiger partial charge in [-0.05, 0) is 43.3 Å². The second-order valence-corrected chi connectivity index (χ2v) is 5.32. The third-order valence-electron chi connectivity index (χ3n) is 3.38. The van der Waals surface area contributed by atoms with Crippen molar-refractivity contribution in [2.45, 2.75) is 13.0 Å². The molecule has 2 aromatic carbocycles. The molecule has 2 rings (SSSR count). The number of hydrogen-bond donors (Lipinski definition) is 4. The van der Waals surface area contributed by atoms with Crippen molar-refractivity contribution in [3.05, 3.63) is 54.1 Å². The Bertz CT molecular complexity index is 731. The van der Waals surface area contributed by atoms with Gasteiger partial charge in [0.2, 0.25) is 0 Å². The minimum atomic E-state index is -0.724. The summed E-state index contributed by atoms with van der Waals surface area (Å²) in [7, 11) is 0. The maximum absolute atomic E-state index is 11.9.